The van der Waals surface area contributed by atoms with Crippen molar-refractivity contribution in [2.24, 2.45) is 5.92 Å². The van der Waals surface area contributed by atoms with Crippen molar-refractivity contribution in [1.82, 2.24) is 9.97 Å². The summed E-state index contributed by atoms with van der Waals surface area (Å²) in [4.78, 5) is 8.94. The molecule has 1 aliphatic rings. The van der Waals surface area contributed by atoms with E-state index in [0.29, 0.717) is 5.92 Å². The van der Waals surface area contributed by atoms with Crippen molar-refractivity contribution >= 4 is 11.6 Å². The van der Waals surface area contributed by atoms with Gasteiger partial charge in [0.25, 0.3) is 0 Å². The largest absolute Gasteiger partial charge is 0.381 e. The molecule has 0 spiro atoms. The van der Waals surface area contributed by atoms with Crippen LogP contribution in [0.1, 0.15) is 31.2 Å². The van der Waals surface area contributed by atoms with E-state index in [-0.39, 0.29) is 0 Å². The standard InChI is InChI=1S/C14H24N4O/c1-4-15-13-10(2)14(18-11(3)17-13)16-9-12-5-7-19-8-6-12/h12H,4-9H2,1-3H3,(H2,15,16,17,18). The molecule has 0 amide bonds. The summed E-state index contributed by atoms with van der Waals surface area (Å²) in [6, 6.07) is 0. The van der Waals surface area contributed by atoms with Crippen molar-refractivity contribution in [2.45, 2.75) is 33.6 Å². The minimum Gasteiger partial charge on any atom is -0.381 e. The van der Waals surface area contributed by atoms with Gasteiger partial charge in [0, 0.05) is 31.9 Å². The average molecular weight is 264 g/mol. The van der Waals surface area contributed by atoms with Gasteiger partial charge in [-0.3, -0.25) is 0 Å². The maximum Gasteiger partial charge on any atom is 0.134 e. The van der Waals surface area contributed by atoms with Crippen LogP contribution in [0.2, 0.25) is 0 Å². The smallest absolute Gasteiger partial charge is 0.134 e. The van der Waals surface area contributed by atoms with Gasteiger partial charge in [-0.1, -0.05) is 0 Å². The molecule has 0 saturated carbocycles. The van der Waals surface area contributed by atoms with Gasteiger partial charge in [-0.05, 0) is 39.5 Å². The summed E-state index contributed by atoms with van der Waals surface area (Å²) >= 11 is 0. The van der Waals surface area contributed by atoms with Crippen LogP contribution in [0.15, 0.2) is 0 Å². The Balaban J connectivity index is 2.02. The van der Waals surface area contributed by atoms with Crippen molar-refractivity contribution in [3.63, 3.8) is 0 Å². The van der Waals surface area contributed by atoms with E-state index in [1.54, 1.807) is 0 Å². The third-order valence-electron chi connectivity index (χ3n) is 3.50. The fourth-order valence-corrected chi connectivity index (χ4v) is 2.33. The number of rotatable bonds is 5. The summed E-state index contributed by atoms with van der Waals surface area (Å²) in [7, 11) is 0. The monoisotopic (exact) mass is 264 g/mol. The lowest BCUT2D eigenvalue weighted by atomic mass is 10.0. The minimum atomic E-state index is 0.686. The van der Waals surface area contributed by atoms with Crippen molar-refractivity contribution in [1.29, 1.82) is 0 Å². The Bertz CT molecular complexity index is 416. The molecule has 0 radical (unpaired) electrons. The first-order chi connectivity index (χ1) is 9.20. The third-order valence-corrected chi connectivity index (χ3v) is 3.50. The first-order valence-corrected chi connectivity index (χ1v) is 7.11. The molecule has 19 heavy (non-hydrogen) atoms. The molecule has 1 aromatic rings. The molecular weight excluding hydrogens is 240 g/mol. The SMILES string of the molecule is CCNc1nc(C)nc(NCC2CCOCC2)c1C. The van der Waals surface area contributed by atoms with Gasteiger partial charge in [-0.15, -0.1) is 0 Å². The number of hydrogen-bond donors (Lipinski definition) is 2. The summed E-state index contributed by atoms with van der Waals surface area (Å²) in [6.07, 6.45) is 2.27. The molecule has 5 nitrogen and oxygen atoms in total. The topological polar surface area (TPSA) is 59.1 Å². The zero-order valence-electron chi connectivity index (χ0n) is 12.1. The molecule has 0 unspecified atom stereocenters. The maximum absolute atomic E-state index is 5.38. The van der Waals surface area contributed by atoms with E-state index in [1.807, 2.05) is 6.92 Å². The second kappa shape index (κ2) is 6.70. The second-order valence-corrected chi connectivity index (χ2v) is 5.06. The molecule has 0 aromatic carbocycles. The summed E-state index contributed by atoms with van der Waals surface area (Å²) in [5.41, 5.74) is 1.10. The number of hydrogen-bond acceptors (Lipinski definition) is 5. The molecule has 5 heteroatoms. The fourth-order valence-electron chi connectivity index (χ4n) is 2.33. The number of anilines is 2. The minimum absolute atomic E-state index is 0.686. The van der Waals surface area contributed by atoms with E-state index in [1.165, 1.54) is 0 Å². The van der Waals surface area contributed by atoms with E-state index in [9.17, 15) is 0 Å². The highest BCUT2D eigenvalue weighted by Gasteiger charge is 2.15. The van der Waals surface area contributed by atoms with Gasteiger partial charge in [-0.25, -0.2) is 9.97 Å². The van der Waals surface area contributed by atoms with E-state index in [4.69, 9.17) is 4.74 Å². The number of aryl methyl sites for hydroxylation is 1. The zero-order valence-corrected chi connectivity index (χ0v) is 12.1. The number of aromatic nitrogens is 2. The van der Waals surface area contributed by atoms with Gasteiger partial charge in [-0.2, -0.15) is 0 Å². The van der Waals surface area contributed by atoms with Gasteiger partial charge in [0.05, 0.1) is 0 Å². The van der Waals surface area contributed by atoms with E-state index in [0.717, 1.165) is 62.2 Å². The molecule has 0 atom stereocenters. The van der Waals surface area contributed by atoms with Crippen LogP contribution in [0.4, 0.5) is 11.6 Å². The first-order valence-electron chi connectivity index (χ1n) is 7.11. The fraction of sp³-hybridized carbons (Fsp3) is 0.714. The van der Waals surface area contributed by atoms with Gasteiger partial charge in [0.15, 0.2) is 0 Å². The van der Waals surface area contributed by atoms with Crippen LogP contribution in [0, 0.1) is 19.8 Å². The van der Waals surface area contributed by atoms with Crippen molar-refractivity contribution < 1.29 is 4.74 Å². The predicted octanol–water partition coefficient (Wildman–Crippen LogP) is 2.36. The Kier molecular flexibility index (Phi) is 4.96. The van der Waals surface area contributed by atoms with Crippen molar-refractivity contribution in [3.8, 4) is 0 Å². The van der Waals surface area contributed by atoms with Crippen LogP contribution in [0.25, 0.3) is 0 Å². The van der Waals surface area contributed by atoms with Gasteiger partial charge in [0.2, 0.25) is 0 Å². The van der Waals surface area contributed by atoms with Gasteiger partial charge < -0.3 is 15.4 Å². The summed E-state index contributed by atoms with van der Waals surface area (Å²) in [5, 5.41) is 6.76. The predicted molar refractivity (Wildman–Crippen MR) is 77.7 cm³/mol. The van der Waals surface area contributed by atoms with Crippen molar-refractivity contribution in [2.75, 3.05) is 36.9 Å². The Morgan fingerprint density at radius 1 is 1.11 bits per heavy atom. The molecule has 1 saturated heterocycles. The molecule has 1 aromatic heterocycles. The van der Waals surface area contributed by atoms with E-state index >= 15 is 0 Å². The molecule has 0 bridgehead atoms. The number of nitrogens with one attached hydrogen (secondary N) is 2. The highest BCUT2D eigenvalue weighted by atomic mass is 16.5. The lowest BCUT2D eigenvalue weighted by Crippen LogP contribution is -2.23. The average Bonchev–Trinajstić information content (AvgIpc) is 2.42. The Morgan fingerprint density at radius 2 is 1.74 bits per heavy atom. The molecule has 2 rings (SSSR count). The lowest BCUT2D eigenvalue weighted by molar-refractivity contribution is 0.0699. The molecular formula is C14H24N4O. The van der Waals surface area contributed by atoms with Gasteiger partial charge in [0.1, 0.15) is 17.5 Å². The first kappa shape index (κ1) is 14.1. The Labute approximate surface area is 115 Å². The second-order valence-electron chi connectivity index (χ2n) is 5.06. The van der Waals surface area contributed by atoms with Crippen LogP contribution >= 0.6 is 0 Å². The van der Waals surface area contributed by atoms with Crippen LogP contribution in [-0.2, 0) is 4.74 Å². The third kappa shape index (κ3) is 3.80. The molecule has 1 aliphatic heterocycles. The molecule has 2 N–H and O–H groups in total. The van der Waals surface area contributed by atoms with Crippen LogP contribution in [-0.4, -0.2) is 36.3 Å². The Morgan fingerprint density at radius 3 is 2.37 bits per heavy atom. The highest BCUT2D eigenvalue weighted by molar-refractivity contribution is 5.57. The van der Waals surface area contributed by atoms with Crippen LogP contribution < -0.4 is 10.6 Å². The van der Waals surface area contributed by atoms with Crippen LogP contribution in [0.3, 0.4) is 0 Å². The molecule has 2 heterocycles. The van der Waals surface area contributed by atoms with Crippen LogP contribution in [0.5, 0.6) is 0 Å². The summed E-state index contributed by atoms with van der Waals surface area (Å²) in [5.74, 6) is 3.38. The lowest BCUT2D eigenvalue weighted by Gasteiger charge is -2.23. The summed E-state index contributed by atoms with van der Waals surface area (Å²) < 4.78 is 5.38. The molecule has 0 aliphatic carbocycles. The maximum atomic E-state index is 5.38. The van der Waals surface area contributed by atoms with E-state index < -0.39 is 0 Å². The quantitative estimate of drug-likeness (QED) is 0.855. The molecule has 106 valence electrons. The number of ether oxygens (including phenoxy) is 1. The zero-order chi connectivity index (χ0) is 13.7. The van der Waals surface area contributed by atoms with E-state index in [2.05, 4.69) is 34.4 Å². The van der Waals surface area contributed by atoms with Crippen molar-refractivity contribution in [3.05, 3.63) is 11.4 Å². The number of nitrogens with zero attached hydrogens (tertiary/aromatic N) is 2. The normalized spacial score (nSPS) is 16.4. The van der Waals surface area contributed by atoms with Gasteiger partial charge >= 0.3 is 0 Å². The molecule has 1 fully saturated rings. The highest BCUT2D eigenvalue weighted by Crippen LogP contribution is 2.21. The summed E-state index contributed by atoms with van der Waals surface area (Å²) in [6.45, 7) is 9.67. The Hall–Kier alpha value is -1.36.